The van der Waals surface area contributed by atoms with Gasteiger partial charge in [0.05, 0.1) is 5.69 Å². The molecule has 0 saturated heterocycles. The Bertz CT molecular complexity index is 1070. The van der Waals surface area contributed by atoms with E-state index in [4.69, 9.17) is 5.73 Å². The van der Waals surface area contributed by atoms with Crippen LogP contribution in [0.3, 0.4) is 0 Å². The summed E-state index contributed by atoms with van der Waals surface area (Å²) in [5.74, 6) is 0. The van der Waals surface area contributed by atoms with Crippen molar-refractivity contribution >= 4 is 22.7 Å². The van der Waals surface area contributed by atoms with E-state index in [1.165, 1.54) is 43.7 Å². The van der Waals surface area contributed by atoms with Crippen LogP contribution in [0.2, 0.25) is 0 Å². The first-order valence-electron chi connectivity index (χ1n) is 9.85. The van der Waals surface area contributed by atoms with Crippen molar-refractivity contribution in [2.75, 3.05) is 12.8 Å². The average molecular weight is 387 g/mol. The lowest BCUT2D eigenvalue weighted by molar-refractivity contribution is 0.748. The number of nitrogens with one attached hydrogen (secondary N) is 1. The van der Waals surface area contributed by atoms with Gasteiger partial charge in [0.2, 0.25) is 0 Å². The lowest BCUT2D eigenvalue weighted by atomic mass is 9.97. The lowest BCUT2D eigenvalue weighted by Gasteiger charge is -2.09. The minimum Gasteiger partial charge on any atom is -0.354 e. The molecule has 0 amide bonds. The van der Waals surface area contributed by atoms with Crippen molar-refractivity contribution in [2.24, 2.45) is 5.73 Å². The standard InChI is InChI=1S/C25H26N2S/c1-28-24-13-6-5-12-21(24)25-20(11-7-8-16-26)22-17-19(14-15-23(22)27-25)18-9-3-2-4-10-18/h2-6,9-10,12-15,17,27H,7-8,11,16,26H2,1H3. The monoisotopic (exact) mass is 386 g/mol. The molecule has 3 heteroatoms. The van der Waals surface area contributed by atoms with Gasteiger partial charge in [-0.1, -0.05) is 54.6 Å². The Labute approximate surface area is 171 Å². The summed E-state index contributed by atoms with van der Waals surface area (Å²) in [4.78, 5) is 5.02. The maximum atomic E-state index is 5.76. The first-order valence-corrected chi connectivity index (χ1v) is 11.1. The summed E-state index contributed by atoms with van der Waals surface area (Å²) in [6.45, 7) is 0.744. The minimum atomic E-state index is 0.744. The fourth-order valence-electron chi connectivity index (χ4n) is 3.84. The molecule has 4 aromatic rings. The maximum absolute atomic E-state index is 5.76. The molecule has 4 rings (SSSR count). The van der Waals surface area contributed by atoms with Gasteiger partial charge in [-0.2, -0.15) is 0 Å². The van der Waals surface area contributed by atoms with E-state index in [-0.39, 0.29) is 0 Å². The number of benzene rings is 3. The molecule has 0 aliphatic heterocycles. The zero-order valence-corrected chi connectivity index (χ0v) is 17.1. The first kappa shape index (κ1) is 18.9. The molecule has 28 heavy (non-hydrogen) atoms. The molecule has 0 fully saturated rings. The Morgan fingerprint density at radius 1 is 0.857 bits per heavy atom. The SMILES string of the molecule is CSc1ccccc1-c1[nH]c2ccc(-c3ccccc3)cc2c1CCCCN. The fraction of sp³-hybridized carbons (Fsp3) is 0.200. The summed E-state index contributed by atoms with van der Waals surface area (Å²) in [6, 6.07) is 26.0. The molecule has 142 valence electrons. The highest BCUT2D eigenvalue weighted by Gasteiger charge is 2.16. The molecule has 1 heterocycles. The number of aryl methyl sites for hydroxylation is 1. The number of fused-ring (bicyclic) bond motifs is 1. The minimum absolute atomic E-state index is 0.744. The molecule has 2 nitrogen and oxygen atoms in total. The van der Waals surface area contributed by atoms with Gasteiger partial charge in [0, 0.05) is 21.4 Å². The highest BCUT2D eigenvalue weighted by molar-refractivity contribution is 7.98. The smallest absolute Gasteiger partial charge is 0.0508 e. The summed E-state index contributed by atoms with van der Waals surface area (Å²) >= 11 is 1.80. The van der Waals surface area contributed by atoms with Crippen LogP contribution in [0.1, 0.15) is 18.4 Å². The normalized spacial score (nSPS) is 11.2. The molecular weight excluding hydrogens is 360 g/mol. The molecule has 0 saturated carbocycles. The zero-order valence-electron chi connectivity index (χ0n) is 16.2. The first-order chi connectivity index (χ1) is 13.8. The summed E-state index contributed by atoms with van der Waals surface area (Å²) in [5.41, 5.74) is 13.4. The highest BCUT2D eigenvalue weighted by Crippen LogP contribution is 2.37. The fourth-order valence-corrected chi connectivity index (χ4v) is 4.45. The van der Waals surface area contributed by atoms with Crippen LogP contribution in [0.25, 0.3) is 33.3 Å². The van der Waals surface area contributed by atoms with E-state index in [0.717, 1.165) is 25.8 Å². The van der Waals surface area contributed by atoms with Crippen LogP contribution in [0, 0.1) is 0 Å². The second-order valence-electron chi connectivity index (χ2n) is 7.05. The Morgan fingerprint density at radius 3 is 2.43 bits per heavy atom. The number of H-pyrrole nitrogens is 1. The van der Waals surface area contributed by atoms with Crippen molar-refractivity contribution in [1.82, 2.24) is 4.98 Å². The van der Waals surface area contributed by atoms with Crippen LogP contribution in [0.15, 0.2) is 77.7 Å². The van der Waals surface area contributed by atoms with Gasteiger partial charge < -0.3 is 10.7 Å². The predicted octanol–water partition coefficient (Wildman–Crippen LogP) is 6.51. The quantitative estimate of drug-likeness (QED) is 0.281. The van der Waals surface area contributed by atoms with Gasteiger partial charge in [-0.3, -0.25) is 0 Å². The van der Waals surface area contributed by atoms with E-state index in [2.05, 4.69) is 84.0 Å². The Morgan fingerprint density at radius 2 is 1.64 bits per heavy atom. The number of aromatic amines is 1. The van der Waals surface area contributed by atoms with E-state index in [1.54, 1.807) is 11.8 Å². The summed E-state index contributed by atoms with van der Waals surface area (Å²) in [7, 11) is 0. The predicted molar refractivity (Wildman–Crippen MR) is 123 cm³/mol. The number of nitrogens with two attached hydrogens (primary N) is 1. The van der Waals surface area contributed by atoms with Gasteiger partial charge in [0.1, 0.15) is 0 Å². The van der Waals surface area contributed by atoms with Crippen LogP contribution >= 0.6 is 11.8 Å². The Balaban J connectivity index is 1.88. The number of rotatable bonds is 7. The van der Waals surface area contributed by atoms with Gasteiger partial charge in [0.25, 0.3) is 0 Å². The van der Waals surface area contributed by atoms with Gasteiger partial charge in [0.15, 0.2) is 0 Å². The molecule has 1 aromatic heterocycles. The third kappa shape index (κ3) is 3.73. The highest BCUT2D eigenvalue weighted by atomic mass is 32.2. The third-order valence-corrected chi connectivity index (χ3v) is 6.07. The van der Waals surface area contributed by atoms with E-state index in [1.807, 2.05) is 0 Å². The molecule has 0 unspecified atom stereocenters. The zero-order chi connectivity index (χ0) is 19.3. The molecule has 0 radical (unpaired) electrons. The number of hydrogen-bond donors (Lipinski definition) is 2. The maximum Gasteiger partial charge on any atom is 0.0508 e. The van der Waals surface area contributed by atoms with E-state index in [0.29, 0.717) is 0 Å². The van der Waals surface area contributed by atoms with Crippen LogP contribution < -0.4 is 5.73 Å². The van der Waals surface area contributed by atoms with Crippen molar-refractivity contribution in [3.05, 3.63) is 78.4 Å². The summed E-state index contributed by atoms with van der Waals surface area (Å²) in [5, 5.41) is 1.32. The molecule has 0 aliphatic rings. The van der Waals surface area contributed by atoms with Crippen molar-refractivity contribution < 1.29 is 0 Å². The van der Waals surface area contributed by atoms with Crippen molar-refractivity contribution in [2.45, 2.75) is 24.2 Å². The lowest BCUT2D eigenvalue weighted by Crippen LogP contribution is -1.99. The second kappa shape index (κ2) is 8.68. The summed E-state index contributed by atoms with van der Waals surface area (Å²) < 4.78 is 0. The number of thioether (sulfide) groups is 1. The molecule has 0 bridgehead atoms. The van der Waals surface area contributed by atoms with E-state index in [9.17, 15) is 0 Å². The molecule has 0 aliphatic carbocycles. The topological polar surface area (TPSA) is 41.8 Å². The van der Waals surface area contributed by atoms with Crippen LogP contribution in [0.5, 0.6) is 0 Å². The van der Waals surface area contributed by atoms with Crippen molar-refractivity contribution in [3.63, 3.8) is 0 Å². The summed E-state index contributed by atoms with van der Waals surface area (Å²) in [6.07, 6.45) is 5.33. The van der Waals surface area contributed by atoms with Gasteiger partial charge in [-0.05, 0) is 67.0 Å². The van der Waals surface area contributed by atoms with Crippen LogP contribution in [0.4, 0.5) is 0 Å². The average Bonchev–Trinajstić information content (AvgIpc) is 3.12. The molecule has 0 spiro atoms. The van der Waals surface area contributed by atoms with Gasteiger partial charge in [-0.25, -0.2) is 0 Å². The Kier molecular flexibility index (Phi) is 5.84. The number of aromatic nitrogens is 1. The molecule has 3 aromatic carbocycles. The van der Waals surface area contributed by atoms with Gasteiger partial charge >= 0.3 is 0 Å². The van der Waals surface area contributed by atoms with Crippen molar-refractivity contribution in [1.29, 1.82) is 0 Å². The Hall–Kier alpha value is -2.49. The van der Waals surface area contributed by atoms with Crippen molar-refractivity contribution in [3.8, 4) is 22.4 Å². The number of hydrogen-bond acceptors (Lipinski definition) is 2. The number of unbranched alkanes of at least 4 members (excludes halogenated alkanes) is 1. The van der Waals surface area contributed by atoms with Gasteiger partial charge in [-0.15, -0.1) is 11.8 Å². The van der Waals surface area contributed by atoms with E-state index < -0.39 is 0 Å². The van der Waals surface area contributed by atoms with Crippen LogP contribution in [-0.4, -0.2) is 17.8 Å². The molecule has 3 N–H and O–H groups in total. The third-order valence-electron chi connectivity index (χ3n) is 5.27. The second-order valence-corrected chi connectivity index (χ2v) is 7.90. The van der Waals surface area contributed by atoms with Crippen LogP contribution in [-0.2, 0) is 6.42 Å². The molecule has 0 atom stereocenters. The molecular formula is C25H26N2S. The largest absolute Gasteiger partial charge is 0.354 e. The van der Waals surface area contributed by atoms with E-state index >= 15 is 0 Å².